The lowest BCUT2D eigenvalue weighted by Gasteiger charge is -2.42. The monoisotopic (exact) mass is 334 g/mol. The van der Waals surface area contributed by atoms with E-state index in [0.717, 1.165) is 26.2 Å². The molecule has 0 amide bonds. The number of nitrogens with zero attached hydrogens (tertiary/aromatic N) is 1. The molecule has 1 atom stereocenters. The maximum atomic E-state index is 13.1. The molecule has 0 saturated carbocycles. The van der Waals surface area contributed by atoms with Gasteiger partial charge in [0.15, 0.2) is 0 Å². The minimum absolute atomic E-state index is 0.0760. The van der Waals surface area contributed by atoms with E-state index in [1.165, 1.54) is 12.1 Å². The third-order valence-electron chi connectivity index (χ3n) is 3.95. The second kappa shape index (κ2) is 6.38. The van der Waals surface area contributed by atoms with E-state index in [1.807, 2.05) is 0 Å². The third kappa shape index (κ3) is 3.94. The van der Waals surface area contributed by atoms with Gasteiger partial charge in [-0.25, -0.2) is 0 Å². The standard InChI is InChI=1S/C16H22ClF3N2/c1-15(2,3)14(22-8-6-21-7-9-22)11-4-5-13(17)12(10-11)16(18,19)20/h4-5,10,14,21H,6-9H2,1-3H3/t14-/m0/s1. The topological polar surface area (TPSA) is 15.3 Å². The predicted molar refractivity (Wildman–Crippen MR) is 83.1 cm³/mol. The summed E-state index contributed by atoms with van der Waals surface area (Å²) in [5.74, 6) is 0. The molecule has 6 heteroatoms. The summed E-state index contributed by atoms with van der Waals surface area (Å²) in [7, 11) is 0. The van der Waals surface area contributed by atoms with E-state index in [4.69, 9.17) is 11.6 Å². The summed E-state index contributed by atoms with van der Waals surface area (Å²) in [6.07, 6.45) is -4.43. The molecule has 2 rings (SSSR count). The number of piperazine rings is 1. The molecule has 0 aliphatic carbocycles. The first-order chi connectivity index (χ1) is 10.1. The molecule has 1 aliphatic rings. The minimum Gasteiger partial charge on any atom is -0.314 e. The highest BCUT2D eigenvalue weighted by Gasteiger charge is 2.37. The highest BCUT2D eigenvalue weighted by Crippen LogP contribution is 2.42. The first-order valence-electron chi connectivity index (χ1n) is 7.42. The van der Waals surface area contributed by atoms with Crippen LogP contribution < -0.4 is 5.32 Å². The number of nitrogens with one attached hydrogen (secondary N) is 1. The van der Waals surface area contributed by atoms with Crippen molar-refractivity contribution in [3.05, 3.63) is 34.3 Å². The number of hydrogen-bond acceptors (Lipinski definition) is 2. The first-order valence-corrected chi connectivity index (χ1v) is 7.80. The van der Waals surface area contributed by atoms with Gasteiger partial charge in [-0.15, -0.1) is 0 Å². The molecule has 124 valence electrons. The highest BCUT2D eigenvalue weighted by atomic mass is 35.5. The van der Waals surface area contributed by atoms with Gasteiger partial charge in [0.25, 0.3) is 0 Å². The summed E-state index contributed by atoms with van der Waals surface area (Å²) in [6.45, 7) is 9.53. The van der Waals surface area contributed by atoms with Crippen molar-refractivity contribution in [3.63, 3.8) is 0 Å². The first kappa shape index (κ1) is 17.6. The van der Waals surface area contributed by atoms with Gasteiger partial charge in [0.2, 0.25) is 0 Å². The van der Waals surface area contributed by atoms with Gasteiger partial charge in [0.05, 0.1) is 10.6 Å². The number of benzene rings is 1. The number of alkyl halides is 3. The van der Waals surface area contributed by atoms with Crippen molar-refractivity contribution < 1.29 is 13.2 Å². The molecule has 1 aromatic rings. The molecule has 22 heavy (non-hydrogen) atoms. The molecule has 0 radical (unpaired) electrons. The zero-order valence-electron chi connectivity index (χ0n) is 13.1. The van der Waals surface area contributed by atoms with Crippen LogP contribution in [0.1, 0.15) is 37.9 Å². The molecule has 1 aliphatic heterocycles. The second-order valence-electron chi connectivity index (χ2n) is 6.79. The van der Waals surface area contributed by atoms with E-state index >= 15 is 0 Å². The van der Waals surface area contributed by atoms with Crippen LogP contribution in [0.3, 0.4) is 0 Å². The van der Waals surface area contributed by atoms with Crippen LogP contribution in [0.15, 0.2) is 18.2 Å². The summed E-state index contributed by atoms with van der Waals surface area (Å²) in [4.78, 5) is 2.25. The highest BCUT2D eigenvalue weighted by molar-refractivity contribution is 6.31. The zero-order chi connectivity index (χ0) is 16.5. The van der Waals surface area contributed by atoms with Gasteiger partial charge in [-0.05, 0) is 23.1 Å². The van der Waals surface area contributed by atoms with Gasteiger partial charge in [0.1, 0.15) is 0 Å². The van der Waals surface area contributed by atoms with Crippen molar-refractivity contribution in [1.29, 1.82) is 0 Å². The molecule has 1 saturated heterocycles. The van der Waals surface area contributed by atoms with Crippen LogP contribution in [0.2, 0.25) is 5.02 Å². The van der Waals surface area contributed by atoms with Crippen LogP contribution in [0.4, 0.5) is 13.2 Å². The fourth-order valence-corrected chi connectivity index (χ4v) is 3.35. The summed E-state index contributed by atoms with van der Waals surface area (Å²) < 4.78 is 39.4. The third-order valence-corrected chi connectivity index (χ3v) is 4.28. The Labute approximate surface area is 134 Å². The Balaban J connectivity index is 2.44. The molecule has 1 fully saturated rings. The maximum absolute atomic E-state index is 13.1. The molecular weight excluding hydrogens is 313 g/mol. The normalized spacial score (nSPS) is 19.2. The van der Waals surface area contributed by atoms with E-state index in [0.29, 0.717) is 5.56 Å². The van der Waals surface area contributed by atoms with Crippen molar-refractivity contribution in [2.45, 2.75) is 33.0 Å². The molecule has 1 heterocycles. The van der Waals surface area contributed by atoms with Crippen LogP contribution in [0.5, 0.6) is 0 Å². The zero-order valence-corrected chi connectivity index (χ0v) is 13.9. The smallest absolute Gasteiger partial charge is 0.314 e. The lowest BCUT2D eigenvalue weighted by molar-refractivity contribution is -0.137. The quantitative estimate of drug-likeness (QED) is 0.865. The van der Waals surface area contributed by atoms with Crippen molar-refractivity contribution in [2.75, 3.05) is 26.2 Å². The summed E-state index contributed by atoms with van der Waals surface area (Å²) >= 11 is 5.74. The minimum atomic E-state index is -4.43. The fourth-order valence-electron chi connectivity index (χ4n) is 3.13. The Hall–Kier alpha value is -0.780. The van der Waals surface area contributed by atoms with Crippen molar-refractivity contribution in [3.8, 4) is 0 Å². The van der Waals surface area contributed by atoms with Gasteiger partial charge < -0.3 is 5.32 Å². The Morgan fingerprint density at radius 2 is 1.73 bits per heavy atom. The summed E-state index contributed by atoms with van der Waals surface area (Å²) in [5.41, 5.74) is -0.254. The molecule has 1 N–H and O–H groups in total. The van der Waals surface area contributed by atoms with Gasteiger partial charge in [0, 0.05) is 32.2 Å². The van der Waals surface area contributed by atoms with E-state index < -0.39 is 11.7 Å². The van der Waals surface area contributed by atoms with Gasteiger partial charge in [-0.1, -0.05) is 38.4 Å². The van der Waals surface area contributed by atoms with Gasteiger partial charge in [-0.3, -0.25) is 4.90 Å². The van der Waals surface area contributed by atoms with Crippen LogP contribution >= 0.6 is 11.6 Å². The van der Waals surface area contributed by atoms with Crippen LogP contribution in [0, 0.1) is 5.41 Å². The Morgan fingerprint density at radius 1 is 1.14 bits per heavy atom. The largest absolute Gasteiger partial charge is 0.417 e. The lowest BCUT2D eigenvalue weighted by Crippen LogP contribution is -2.48. The second-order valence-corrected chi connectivity index (χ2v) is 7.20. The lowest BCUT2D eigenvalue weighted by atomic mass is 9.80. The van der Waals surface area contributed by atoms with E-state index in [9.17, 15) is 13.2 Å². The molecule has 0 spiro atoms. The van der Waals surface area contributed by atoms with E-state index in [1.54, 1.807) is 6.07 Å². The summed E-state index contributed by atoms with van der Waals surface area (Å²) in [5, 5.41) is 3.03. The predicted octanol–water partition coefficient (Wildman–Crippen LogP) is 4.35. The van der Waals surface area contributed by atoms with Crippen molar-refractivity contribution in [1.82, 2.24) is 10.2 Å². The van der Waals surface area contributed by atoms with Crippen LogP contribution in [-0.4, -0.2) is 31.1 Å². The van der Waals surface area contributed by atoms with E-state index in [2.05, 4.69) is 31.0 Å². The average Bonchev–Trinajstić information content (AvgIpc) is 2.39. The van der Waals surface area contributed by atoms with Crippen molar-refractivity contribution in [2.24, 2.45) is 5.41 Å². The molecular formula is C16H22ClF3N2. The molecule has 0 unspecified atom stereocenters. The van der Waals surface area contributed by atoms with Crippen LogP contribution in [-0.2, 0) is 6.18 Å². The molecule has 2 nitrogen and oxygen atoms in total. The van der Waals surface area contributed by atoms with E-state index in [-0.39, 0.29) is 16.5 Å². The fraction of sp³-hybridized carbons (Fsp3) is 0.625. The summed E-state index contributed by atoms with van der Waals surface area (Å²) in [6, 6.07) is 4.21. The average molecular weight is 335 g/mol. The van der Waals surface area contributed by atoms with Crippen LogP contribution in [0.25, 0.3) is 0 Å². The molecule has 0 aromatic heterocycles. The number of rotatable bonds is 2. The maximum Gasteiger partial charge on any atom is 0.417 e. The number of halogens is 4. The Morgan fingerprint density at radius 3 is 2.23 bits per heavy atom. The van der Waals surface area contributed by atoms with Crippen molar-refractivity contribution >= 4 is 11.6 Å². The Bertz CT molecular complexity index is 517. The van der Waals surface area contributed by atoms with Gasteiger partial charge in [-0.2, -0.15) is 13.2 Å². The molecule has 1 aromatic carbocycles. The Kier molecular flexibility index (Phi) is 5.09. The van der Waals surface area contributed by atoms with Gasteiger partial charge >= 0.3 is 6.18 Å². The molecule has 0 bridgehead atoms. The SMILES string of the molecule is CC(C)(C)[C@H](c1ccc(Cl)c(C(F)(F)F)c1)N1CCNCC1. The number of hydrogen-bond donors (Lipinski definition) is 1.